The van der Waals surface area contributed by atoms with Crippen molar-refractivity contribution in [2.24, 2.45) is 0 Å². The summed E-state index contributed by atoms with van der Waals surface area (Å²) in [5.74, 6) is 1.28. The second-order valence-corrected chi connectivity index (χ2v) is 5.09. The lowest BCUT2D eigenvalue weighted by Gasteiger charge is -2.31. The number of nitrogens with one attached hydrogen (secondary N) is 1. The van der Waals surface area contributed by atoms with E-state index in [4.69, 9.17) is 11.6 Å². The maximum Gasteiger partial charge on any atom is 0.224 e. The molecule has 0 aliphatic carbocycles. The van der Waals surface area contributed by atoms with E-state index in [9.17, 15) is 5.11 Å². The van der Waals surface area contributed by atoms with Gasteiger partial charge in [-0.3, -0.25) is 0 Å². The molecular formula is C14H25ClN4O. The van der Waals surface area contributed by atoms with Crippen LogP contribution in [0.3, 0.4) is 0 Å². The fourth-order valence-electron chi connectivity index (χ4n) is 2.18. The van der Waals surface area contributed by atoms with Gasteiger partial charge in [-0.15, -0.1) is 0 Å². The molecule has 0 spiro atoms. The van der Waals surface area contributed by atoms with E-state index in [1.54, 1.807) is 6.20 Å². The van der Waals surface area contributed by atoms with Crippen molar-refractivity contribution in [3.63, 3.8) is 0 Å². The number of hydrogen-bond donors (Lipinski definition) is 2. The van der Waals surface area contributed by atoms with Gasteiger partial charge in [-0.25, -0.2) is 4.98 Å². The summed E-state index contributed by atoms with van der Waals surface area (Å²) in [4.78, 5) is 10.8. The van der Waals surface area contributed by atoms with Gasteiger partial charge in [0.1, 0.15) is 5.02 Å². The monoisotopic (exact) mass is 300 g/mol. The molecule has 0 aliphatic rings. The molecule has 0 aliphatic heterocycles. The Morgan fingerprint density at radius 3 is 2.60 bits per heavy atom. The van der Waals surface area contributed by atoms with Crippen LogP contribution in [0.2, 0.25) is 5.02 Å². The Bertz CT molecular complexity index is 399. The molecule has 0 unspecified atom stereocenters. The first kappa shape index (κ1) is 17.0. The molecule has 0 amide bonds. The Morgan fingerprint density at radius 2 is 2.05 bits per heavy atom. The summed E-state index contributed by atoms with van der Waals surface area (Å²) in [7, 11) is 0. The van der Waals surface area contributed by atoms with Gasteiger partial charge in [-0.1, -0.05) is 32.4 Å². The van der Waals surface area contributed by atoms with Gasteiger partial charge in [0.2, 0.25) is 5.95 Å². The second-order valence-electron chi connectivity index (χ2n) is 4.68. The summed E-state index contributed by atoms with van der Waals surface area (Å²) in [5.41, 5.74) is 0. The average Bonchev–Trinajstić information content (AvgIpc) is 2.47. The molecule has 0 saturated heterocycles. The van der Waals surface area contributed by atoms with Crippen LogP contribution in [0.25, 0.3) is 0 Å². The number of halogens is 1. The highest BCUT2D eigenvalue weighted by molar-refractivity contribution is 6.32. The van der Waals surface area contributed by atoms with Crippen LogP contribution in [0.1, 0.15) is 40.0 Å². The molecule has 20 heavy (non-hydrogen) atoms. The molecule has 1 rings (SSSR count). The number of aromatic nitrogens is 2. The SMILES string of the molecule is CCCNc1ncc(Cl)c(N(CCO)C(CC)CC)n1. The first-order chi connectivity index (χ1) is 9.67. The lowest BCUT2D eigenvalue weighted by molar-refractivity contribution is 0.295. The van der Waals surface area contributed by atoms with Crippen LogP contribution in [-0.4, -0.2) is 40.8 Å². The first-order valence-electron chi connectivity index (χ1n) is 7.31. The first-order valence-corrected chi connectivity index (χ1v) is 7.69. The van der Waals surface area contributed by atoms with Gasteiger partial charge in [-0.05, 0) is 19.3 Å². The number of anilines is 2. The van der Waals surface area contributed by atoms with E-state index in [0.717, 1.165) is 25.8 Å². The minimum Gasteiger partial charge on any atom is -0.395 e. The van der Waals surface area contributed by atoms with Gasteiger partial charge in [0.25, 0.3) is 0 Å². The third kappa shape index (κ3) is 4.49. The van der Waals surface area contributed by atoms with E-state index < -0.39 is 0 Å². The van der Waals surface area contributed by atoms with Crippen molar-refractivity contribution < 1.29 is 5.11 Å². The molecule has 1 heterocycles. The largest absolute Gasteiger partial charge is 0.395 e. The van der Waals surface area contributed by atoms with Crippen molar-refractivity contribution in [2.45, 2.75) is 46.1 Å². The minimum atomic E-state index is 0.0779. The molecule has 2 N–H and O–H groups in total. The third-order valence-corrected chi connectivity index (χ3v) is 3.52. The molecule has 6 heteroatoms. The quantitative estimate of drug-likeness (QED) is 0.734. The van der Waals surface area contributed by atoms with Gasteiger partial charge in [0.05, 0.1) is 12.8 Å². The van der Waals surface area contributed by atoms with Gasteiger partial charge in [-0.2, -0.15) is 4.98 Å². The lowest BCUT2D eigenvalue weighted by atomic mass is 10.1. The van der Waals surface area contributed by atoms with E-state index >= 15 is 0 Å². The highest BCUT2D eigenvalue weighted by Gasteiger charge is 2.20. The molecule has 0 radical (unpaired) electrons. The van der Waals surface area contributed by atoms with E-state index in [0.29, 0.717) is 29.4 Å². The fraction of sp³-hybridized carbons (Fsp3) is 0.714. The molecule has 0 fully saturated rings. The standard InChI is InChI=1S/C14H25ClN4O/c1-4-7-16-14-17-10-12(15)13(18-14)19(8-9-20)11(5-2)6-3/h10-11,20H,4-9H2,1-3H3,(H,16,17,18). The van der Waals surface area contributed by atoms with Gasteiger partial charge < -0.3 is 15.3 Å². The maximum atomic E-state index is 9.30. The van der Waals surface area contributed by atoms with Crippen molar-refractivity contribution in [1.82, 2.24) is 9.97 Å². The topological polar surface area (TPSA) is 61.3 Å². The summed E-state index contributed by atoms with van der Waals surface area (Å²) >= 11 is 6.24. The average molecular weight is 301 g/mol. The number of aliphatic hydroxyl groups is 1. The number of rotatable bonds is 9. The minimum absolute atomic E-state index is 0.0779. The molecule has 1 aromatic rings. The third-order valence-electron chi connectivity index (χ3n) is 3.25. The zero-order valence-corrected chi connectivity index (χ0v) is 13.3. The molecule has 1 aromatic heterocycles. The van der Waals surface area contributed by atoms with Gasteiger partial charge >= 0.3 is 0 Å². The van der Waals surface area contributed by atoms with Crippen molar-refractivity contribution >= 4 is 23.4 Å². The van der Waals surface area contributed by atoms with Gasteiger partial charge in [0, 0.05) is 19.1 Å². The van der Waals surface area contributed by atoms with Crippen molar-refractivity contribution in [3.8, 4) is 0 Å². The van der Waals surface area contributed by atoms with E-state index in [2.05, 4.69) is 41.0 Å². The Morgan fingerprint density at radius 1 is 1.35 bits per heavy atom. The van der Waals surface area contributed by atoms with Crippen LogP contribution in [-0.2, 0) is 0 Å². The molecule has 0 saturated carbocycles. The van der Waals surface area contributed by atoms with Crippen LogP contribution in [0.4, 0.5) is 11.8 Å². The van der Waals surface area contributed by atoms with Crippen LogP contribution < -0.4 is 10.2 Å². The second kappa shape index (κ2) is 8.97. The molecule has 114 valence electrons. The van der Waals surface area contributed by atoms with E-state index in [1.165, 1.54) is 0 Å². The molecular weight excluding hydrogens is 276 g/mol. The van der Waals surface area contributed by atoms with Crippen LogP contribution in [0.5, 0.6) is 0 Å². The lowest BCUT2D eigenvalue weighted by Crippen LogP contribution is -2.37. The number of hydrogen-bond acceptors (Lipinski definition) is 5. The highest BCUT2D eigenvalue weighted by Crippen LogP contribution is 2.27. The Hall–Kier alpha value is -1.07. The predicted octanol–water partition coefficient (Wildman–Crippen LogP) is 2.94. The number of aliphatic hydroxyl groups excluding tert-OH is 1. The smallest absolute Gasteiger partial charge is 0.224 e. The van der Waals surface area contributed by atoms with E-state index in [-0.39, 0.29) is 6.61 Å². The molecule has 0 atom stereocenters. The van der Waals surface area contributed by atoms with Crippen molar-refractivity contribution in [2.75, 3.05) is 29.9 Å². The molecule has 0 aromatic carbocycles. The fourth-order valence-corrected chi connectivity index (χ4v) is 2.38. The summed E-state index contributed by atoms with van der Waals surface area (Å²) in [6.07, 6.45) is 4.59. The van der Waals surface area contributed by atoms with E-state index in [1.807, 2.05) is 0 Å². The summed E-state index contributed by atoms with van der Waals surface area (Å²) < 4.78 is 0. The van der Waals surface area contributed by atoms with Crippen molar-refractivity contribution in [1.29, 1.82) is 0 Å². The van der Waals surface area contributed by atoms with Crippen molar-refractivity contribution in [3.05, 3.63) is 11.2 Å². The molecule has 5 nitrogen and oxygen atoms in total. The Kier molecular flexibility index (Phi) is 7.62. The normalized spacial score (nSPS) is 10.9. The summed E-state index contributed by atoms with van der Waals surface area (Å²) in [5, 5.41) is 13.0. The summed E-state index contributed by atoms with van der Waals surface area (Å²) in [6.45, 7) is 7.77. The predicted molar refractivity (Wildman–Crippen MR) is 84.6 cm³/mol. The summed E-state index contributed by atoms with van der Waals surface area (Å²) in [6, 6.07) is 0.313. The Labute approximate surface area is 126 Å². The number of nitrogens with zero attached hydrogens (tertiary/aromatic N) is 3. The van der Waals surface area contributed by atoms with Crippen LogP contribution >= 0.6 is 11.6 Å². The zero-order valence-electron chi connectivity index (χ0n) is 12.6. The highest BCUT2D eigenvalue weighted by atomic mass is 35.5. The Balaban J connectivity index is 3.04. The van der Waals surface area contributed by atoms with Crippen LogP contribution in [0, 0.1) is 0 Å². The zero-order chi connectivity index (χ0) is 15.0. The molecule has 0 bridgehead atoms. The van der Waals surface area contributed by atoms with Crippen LogP contribution in [0.15, 0.2) is 6.20 Å². The van der Waals surface area contributed by atoms with Gasteiger partial charge in [0.15, 0.2) is 5.82 Å². The maximum absolute atomic E-state index is 9.30.